The van der Waals surface area contributed by atoms with E-state index in [1.165, 1.54) is 10.9 Å². The predicted octanol–water partition coefficient (Wildman–Crippen LogP) is 4.48. The van der Waals surface area contributed by atoms with Crippen molar-refractivity contribution in [2.24, 2.45) is 5.92 Å². The smallest absolute Gasteiger partial charge is 0.0705 e. The lowest BCUT2D eigenvalue weighted by Crippen LogP contribution is -2.25. The Morgan fingerprint density at radius 1 is 1.12 bits per heavy atom. The number of benzene rings is 1. The molecular formula is C16H21N. The van der Waals surface area contributed by atoms with Crippen LogP contribution in [0, 0.1) is 12.8 Å². The molecule has 2 aromatic rings. The maximum Gasteiger partial charge on any atom is 0.0705 e. The summed E-state index contributed by atoms with van der Waals surface area (Å²) in [4.78, 5) is 4.72. The van der Waals surface area contributed by atoms with Crippen molar-refractivity contribution in [2.45, 2.75) is 40.0 Å². The zero-order valence-electron chi connectivity index (χ0n) is 11.4. The van der Waals surface area contributed by atoms with Gasteiger partial charge in [-0.05, 0) is 36.0 Å². The Balaban J connectivity index is 2.66. The molecule has 90 valence electrons. The Hall–Kier alpha value is -1.37. The third-order valence-corrected chi connectivity index (χ3v) is 4.05. The van der Waals surface area contributed by atoms with Crippen LogP contribution in [-0.2, 0) is 5.41 Å². The van der Waals surface area contributed by atoms with Crippen LogP contribution in [0.2, 0.25) is 0 Å². The topological polar surface area (TPSA) is 12.9 Å². The molecule has 2 rings (SSSR count). The number of nitrogens with zero attached hydrogens (tertiary/aromatic N) is 1. The lowest BCUT2D eigenvalue weighted by Gasteiger charge is -2.31. The van der Waals surface area contributed by atoms with Gasteiger partial charge in [0.25, 0.3) is 0 Å². The highest BCUT2D eigenvalue weighted by atomic mass is 14.7. The van der Waals surface area contributed by atoms with Crippen LogP contribution in [-0.4, -0.2) is 4.98 Å². The molecule has 0 N–H and O–H groups in total. The van der Waals surface area contributed by atoms with E-state index in [1.54, 1.807) is 0 Å². The van der Waals surface area contributed by atoms with Crippen LogP contribution in [0.3, 0.4) is 0 Å². The lowest BCUT2D eigenvalue weighted by atomic mass is 9.74. The summed E-state index contributed by atoms with van der Waals surface area (Å²) in [6.07, 6.45) is 0. The van der Waals surface area contributed by atoms with Gasteiger partial charge < -0.3 is 0 Å². The minimum atomic E-state index is 0.168. The number of aryl methyl sites for hydroxylation is 1. The highest BCUT2D eigenvalue weighted by Crippen LogP contribution is 2.34. The molecule has 1 heterocycles. The van der Waals surface area contributed by atoms with E-state index in [0.717, 1.165) is 11.2 Å². The first kappa shape index (κ1) is 12.1. The summed E-state index contributed by atoms with van der Waals surface area (Å²) in [5, 5.41) is 1.24. The Kier molecular flexibility index (Phi) is 2.94. The van der Waals surface area contributed by atoms with Gasteiger partial charge in [-0.3, -0.25) is 4.98 Å². The van der Waals surface area contributed by atoms with Gasteiger partial charge in [-0.2, -0.15) is 0 Å². The van der Waals surface area contributed by atoms with Gasteiger partial charge in [0.15, 0.2) is 0 Å². The van der Waals surface area contributed by atoms with E-state index in [-0.39, 0.29) is 5.41 Å². The molecule has 0 aliphatic carbocycles. The summed E-state index contributed by atoms with van der Waals surface area (Å²) in [5.41, 5.74) is 3.78. The fraction of sp³-hybridized carbons (Fsp3) is 0.438. The summed E-state index contributed by atoms with van der Waals surface area (Å²) in [6, 6.07) is 10.6. The highest BCUT2D eigenvalue weighted by Gasteiger charge is 2.27. The number of rotatable bonds is 2. The van der Waals surface area contributed by atoms with Crippen molar-refractivity contribution < 1.29 is 0 Å². The second-order valence-corrected chi connectivity index (χ2v) is 5.69. The maximum atomic E-state index is 4.72. The molecule has 1 aromatic heterocycles. The molecule has 0 bridgehead atoms. The van der Waals surface area contributed by atoms with Crippen molar-refractivity contribution in [3.63, 3.8) is 0 Å². The van der Waals surface area contributed by atoms with Gasteiger partial charge in [0.05, 0.1) is 5.52 Å². The predicted molar refractivity (Wildman–Crippen MR) is 74.3 cm³/mol. The Labute approximate surface area is 104 Å². The number of aromatic nitrogens is 1. The summed E-state index contributed by atoms with van der Waals surface area (Å²) >= 11 is 0. The molecule has 0 aliphatic heterocycles. The first-order chi connectivity index (χ1) is 7.93. The molecule has 0 radical (unpaired) electrons. The fourth-order valence-corrected chi connectivity index (χ4v) is 2.18. The van der Waals surface area contributed by atoms with Crippen molar-refractivity contribution >= 4 is 10.9 Å². The zero-order valence-corrected chi connectivity index (χ0v) is 11.4. The van der Waals surface area contributed by atoms with Crippen LogP contribution < -0.4 is 0 Å². The van der Waals surface area contributed by atoms with Crippen molar-refractivity contribution in [3.05, 3.63) is 41.6 Å². The van der Waals surface area contributed by atoms with Crippen molar-refractivity contribution in [1.82, 2.24) is 4.98 Å². The van der Waals surface area contributed by atoms with Gasteiger partial charge in [-0.25, -0.2) is 0 Å². The standard InChI is InChI=1S/C16H21N/c1-11(2)16(4,5)14-10-13-8-6-7-9-15(13)17-12(14)3/h6-11H,1-5H3. The second-order valence-electron chi connectivity index (χ2n) is 5.69. The summed E-state index contributed by atoms with van der Waals surface area (Å²) in [6.45, 7) is 11.3. The highest BCUT2D eigenvalue weighted by molar-refractivity contribution is 5.79. The minimum absolute atomic E-state index is 0.168. The molecule has 0 saturated carbocycles. The van der Waals surface area contributed by atoms with Crippen LogP contribution in [0.5, 0.6) is 0 Å². The van der Waals surface area contributed by atoms with Gasteiger partial charge in [0, 0.05) is 11.1 Å². The van der Waals surface area contributed by atoms with E-state index in [9.17, 15) is 0 Å². The van der Waals surface area contributed by atoms with E-state index in [0.29, 0.717) is 5.92 Å². The third kappa shape index (κ3) is 2.06. The van der Waals surface area contributed by atoms with Crippen LogP contribution in [0.25, 0.3) is 10.9 Å². The van der Waals surface area contributed by atoms with Crippen LogP contribution in [0.1, 0.15) is 39.0 Å². The second kappa shape index (κ2) is 4.14. The summed E-state index contributed by atoms with van der Waals surface area (Å²) < 4.78 is 0. The van der Waals surface area contributed by atoms with Gasteiger partial charge in [-0.15, -0.1) is 0 Å². The van der Waals surface area contributed by atoms with E-state index in [4.69, 9.17) is 4.98 Å². The van der Waals surface area contributed by atoms with Crippen molar-refractivity contribution in [3.8, 4) is 0 Å². The van der Waals surface area contributed by atoms with Crippen LogP contribution in [0.4, 0.5) is 0 Å². The van der Waals surface area contributed by atoms with Crippen molar-refractivity contribution in [2.75, 3.05) is 0 Å². The Morgan fingerprint density at radius 2 is 1.76 bits per heavy atom. The van der Waals surface area contributed by atoms with Gasteiger partial charge in [0.1, 0.15) is 0 Å². The normalized spacial score (nSPS) is 12.4. The number of fused-ring (bicyclic) bond motifs is 1. The molecule has 1 heteroatoms. The van der Waals surface area contributed by atoms with Gasteiger partial charge in [-0.1, -0.05) is 45.9 Å². The third-order valence-electron chi connectivity index (χ3n) is 4.05. The molecule has 0 spiro atoms. The first-order valence-electron chi connectivity index (χ1n) is 6.30. The molecule has 0 amide bonds. The van der Waals surface area contributed by atoms with E-state index < -0.39 is 0 Å². The monoisotopic (exact) mass is 227 g/mol. The quantitative estimate of drug-likeness (QED) is 0.737. The number of hydrogen-bond acceptors (Lipinski definition) is 1. The van der Waals surface area contributed by atoms with Crippen molar-refractivity contribution in [1.29, 1.82) is 0 Å². The largest absolute Gasteiger partial charge is 0.253 e. The molecule has 17 heavy (non-hydrogen) atoms. The lowest BCUT2D eigenvalue weighted by molar-refractivity contribution is 0.369. The molecular weight excluding hydrogens is 206 g/mol. The number of para-hydroxylation sites is 1. The summed E-state index contributed by atoms with van der Waals surface area (Å²) in [7, 11) is 0. The SMILES string of the molecule is Cc1nc2ccccc2cc1C(C)(C)C(C)C. The Bertz CT molecular complexity index is 538. The molecule has 0 fully saturated rings. The molecule has 0 unspecified atom stereocenters. The maximum absolute atomic E-state index is 4.72. The molecule has 0 aliphatic rings. The minimum Gasteiger partial charge on any atom is -0.253 e. The Morgan fingerprint density at radius 3 is 2.41 bits per heavy atom. The molecule has 0 atom stereocenters. The van der Waals surface area contributed by atoms with Gasteiger partial charge in [0.2, 0.25) is 0 Å². The summed E-state index contributed by atoms with van der Waals surface area (Å²) in [5.74, 6) is 0.601. The number of pyridine rings is 1. The molecule has 1 nitrogen and oxygen atoms in total. The van der Waals surface area contributed by atoms with Crippen LogP contribution in [0.15, 0.2) is 30.3 Å². The molecule has 0 saturated heterocycles. The first-order valence-corrected chi connectivity index (χ1v) is 6.30. The average molecular weight is 227 g/mol. The van der Waals surface area contributed by atoms with E-state index >= 15 is 0 Å². The zero-order chi connectivity index (χ0) is 12.6. The fourth-order valence-electron chi connectivity index (χ4n) is 2.18. The molecule has 1 aromatic carbocycles. The number of hydrogen-bond donors (Lipinski definition) is 0. The van der Waals surface area contributed by atoms with E-state index in [1.807, 2.05) is 6.07 Å². The van der Waals surface area contributed by atoms with E-state index in [2.05, 4.69) is 58.9 Å². The van der Waals surface area contributed by atoms with Crippen LogP contribution >= 0.6 is 0 Å². The average Bonchev–Trinajstić information content (AvgIpc) is 2.27. The van der Waals surface area contributed by atoms with Gasteiger partial charge >= 0.3 is 0 Å².